The molecular formula is C14H14BrN3O. The summed E-state index contributed by atoms with van der Waals surface area (Å²) in [5, 5.41) is 2.84. The number of nitrogens with one attached hydrogen (secondary N) is 1. The molecule has 98 valence electrons. The fourth-order valence-corrected chi connectivity index (χ4v) is 2.17. The van der Waals surface area contributed by atoms with E-state index in [1.54, 1.807) is 18.3 Å². The van der Waals surface area contributed by atoms with Gasteiger partial charge in [-0.1, -0.05) is 22.9 Å². The lowest BCUT2D eigenvalue weighted by atomic mass is 10.1. The van der Waals surface area contributed by atoms with Crippen molar-refractivity contribution in [3.63, 3.8) is 0 Å². The van der Waals surface area contributed by atoms with Crippen LogP contribution < -0.4 is 11.1 Å². The van der Waals surface area contributed by atoms with E-state index in [1.165, 1.54) is 0 Å². The number of pyridine rings is 1. The normalized spacial score (nSPS) is 10.2. The van der Waals surface area contributed by atoms with Gasteiger partial charge in [-0.3, -0.25) is 4.79 Å². The summed E-state index contributed by atoms with van der Waals surface area (Å²) in [5.74, 6) is -0.296. The zero-order chi connectivity index (χ0) is 13.8. The Hall–Kier alpha value is -1.88. The molecule has 0 spiro atoms. The second-order valence-corrected chi connectivity index (χ2v) is 4.97. The van der Waals surface area contributed by atoms with Crippen LogP contribution >= 0.6 is 15.9 Å². The van der Waals surface area contributed by atoms with Gasteiger partial charge in [-0.2, -0.15) is 0 Å². The quantitative estimate of drug-likeness (QED) is 0.912. The van der Waals surface area contributed by atoms with E-state index in [-0.39, 0.29) is 11.6 Å². The summed E-state index contributed by atoms with van der Waals surface area (Å²) in [4.78, 5) is 16.1. The van der Waals surface area contributed by atoms with Crippen LogP contribution in [0.5, 0.6) is 0 Å². The van der Waals surface area contributed by atoms with Crippen molar-refractivity contribution in [2.45, 2.75) is 13.3 Å². The molecule has 0 saturated heterocycles. The van der Waals surface area contributed by atoms with Crippen LogP contribution in [0.3, 0.4) is 0 Å². The van der Waals surface area contributed by atoms with E-state index in [0.29, 0.717) is 5.69 Å². The lowest BCUT2D eigenvalue weighted by Crippen LogP contribution is -2.16. The maximum absolute atomic E-state index is 12.1. The number of benzene rings is 1. The molecule has 0 saturated carbocycles. The van der Waals surface area contributed by atoms with Gasteiger partial charge in [0.15, 0.2) is 5.69 Å². The van der Waals surface area contributed by atoms with E-state index >= 15 is 0 Å². The van der Waals surface area contributed by atoms with Gasteiger partial charge in [0.2, 0.25) is 0 Å². The van der Waals surface area contributed by atoms with Crippen LogP contribution in [0.2, 0.25) is 0 Å². The first-order chi connectivity index (χ1) is 9.11. The van der Waals surface area contributed by atoms with E-state index < -0.39 is 0 Å². The molecule has 1 heterocycles. The number of aryl methyl sites for hydroxylation is 1. The number of hydrogen-bond donors (Lipinski definition) is 2. The van der Waals surface area contributed by atoms with Crippen LogP contribution in [0, 0.1) is 0 Å². The highest BCUT2D eigenvalue weighted by atomic mass is 79.9. The molecule has 19 heavy (non-hydrogen) atoms. The molecule has 0 aliphatic heterocycles. The molecule has 0 atom stereocenters. The van der Waals surface area contributed by atoms with Gasteiger partial charge in [-0.25, -0.2) is 4.98 Å². The summed E-state index contributed by atoms with van der Waals surface area (Å²) in [7, 11) is 0. The summed E-state index contributed by atoms with van der Waals surface area (Å²) >= 11 is 3.41. The van der Waals surface area contributed by atoms with E-state index in [4.69, 9.17) is 5.73 Å². The van der Waals surface area contributed by atoms with Gasteiger partial charge < -0.3 is 11.1 Å². The second kappa shape index (κ2) is 5.84. The van der Waals surface area contributed by atoms with Gasteiger partial charge in [-0.05, 0) is 42.3 Å². The Kier molecular flexibility index (Phi) is 4.16. The first-order valence-electron chi connectivity index (χ1n) is 5.92. The summed E-state index contributed by atoms with van der Waals surface area (Å²) in [6, 6.07) is 9.08. The number of rotatable bonds is 3. The molecule has 1 aromatic heterocycles. The first-order valence-corrected chi connectivity index (χ1v) is 6.71. The average Bonchev–Trinajstić information content (AvgIpc) is 2.41. The van der Waals surface area contributed by atoms with Crippen molar-refractivity contribution < 1.29 is 4.79 Å². The summed E-state index contributed by atoms with van der Waals surface area (Å²) in [6.45, 7) is 2.03. The van der Waals surface area contributed by atoms with E-state index in [2.05, 4.69) is 26.2 Å². The van der Waals surface area contributed by atoms with Gasteiger partial charge in [-0.15, -0.1) is 0 Å². The fourth-order valence-electron chi connectivity index (χ4n) is 1.77. The van der Waals surface area contributed by atoms with Crippen LogP contribution in [0.25, 0.3) is 0 Å². The number of nitrogens with zero attached hydrogens (tertiary/aromatic N) is 1. The zero-order valence-electron chi connectivity index (χ0n) is 10.5. The summed E-state index contributed by atoms with van der Waals surface area (Å²) < 4.78 is 0.986. The number of amides is 1. The van der Waals surface area contributed by atoms with Crippen LogP contribution in [0.4, 0.5) is 11.4 Å². The minimum absolute atomic E-state index is 0.243. The lowest BCUT2D eigenvalue weighted by Gasteiger charge is -2.10. The van der Waals surface area contributed by atoms with Crippen LogP contribution in [0.1, 0.15) is 23.0 Å². The highest BCUT2D eigenvalue weighted by molar-refractivity contribution is 9.10. The summed E-state index contributed by atoms with van der Waals surface area (Å²) in [5.41, 5.74) is 8.18. The fraction of sp³-hybridized carbons (Fsp3) is 0.143. The molecule has 0 radical (unpaired) electrons. The zero-order valence-corrected chi connectivity index (χ0v) is 12.1. The Morgan fingerprint density at radius 3 is 2.89 bits per heavy atom. The molecule has 0 unspecified atom stereocenters. The number of carbonyl (C=O) groups is 1. The Bertz CT molecular complexity index is 613. The first kappa shape index (κ1) is 13.5. The Morgan fingerprint density at radius 2 is 2.21 bits per heavy atom. The number of aromatic nitrogens is 1. The SMILES string of the molecule is CCc1cc(Br)ccc1NC(=O)c1ncccc1N. The lowest BCUT2D eigenvalue weighted by molar-refractivity contribution is 0.102. The molecular weight excluding hydrogens is 306 g/mol. The number of carbonyl (C=O) groups excluding carboxylic acids is 1. The molecule has 4 nitrogen and oxygen atoms in total. The molecule has 3 N–H and O–H groups in total. The van der Waals surface area contributed by atoms with Crippen LogP contribution in [-0.2, 0) is 6.42 Å². The van der Waals surface area contributed by atoms with Crippen molar-refractivity contribution in [3.05, 3.63) is 52.3 Å². The molecule has 5 heteroatoms. The van der Waals surface area contributed by atoms with Gasteiger partial charge in [0.25, 0.3) is 5.91 Å². The van der Waals surface area contributed by atoms with Crippen LogP contribution in [-0.4, -0.2) is 10.9 Å². The Balaban J connectivity index is 2.27. The van der Waals surface area contributed by atoms with Gasteiger partial charge in [0.1, 0.15) is 0 Å². The second-order valence-electron chi connectivity index (χ2n) is 4.05. The Morgan fingerprint density at radius 1 is 1.42 bits per heavy atom. The van der Waals surface area contributed by atoms with E-state index in [1.807, 2.05) is 25.1 Å². The largest absolute Gasteiger partial charge is 0.397 e. The molecule has 2 aromatic rings. The van der Waals surface area contributed by atoms with Crippen molar-refractivity contribution in [2.24, 2.45) is 0 Å². The van der Waals surface area contributed by atoms with Crippen molar-refractivity contribution in [2.75, 3.05) is 11.1 Å². The highest BCUT2D eigenvalue weighted by Crippen LogP contribution is 2.22. The number of hydrogen-bond acceptors (Lipinski definition) is 3. The molecule has 0 aliphatic rings. The predicted molar refractivity (Wildman–Crippen MR) is 80.1 cm³/mol. The number of nitrogen functional groups attached to an aromatic ring is 1. The highest BCUT2D eigenvalue weighted by Gasteiger charge is 2.12. The average molecular weight is 320 g/mol. The van der Waals surface area contributed by atoms with E-state index in [0.717, 1.165) is 22.1 Å². The minimum atomic E-state index is -0.296. The number of anilines is 2. The Labute approximate surface area is 120 Å². The molecule has 0 bridgehead atoms. The van der Waals surface area contributed by atoms with Crippen LogP contribution in [0.15, 0.2) is 41.0 Å². The maximum atomic E-state index is 12.1. The minimum Gasteiger partial charge on any atom is -0.397 e. The third kappa shape index (κ3) is 3.12. The number of nitrogens with two attached hydrogens (primary N) is 1. The van der Waals surface area contributed by atoms with E-state index in [9.17, 15) is 4.79 Å². The monoisotopic (exact) mass is 319 g/mol. The summed E-state index contributed by atoms with van der Waals surface area (Å²) in [6.07, 6.45) is 2.38. The third-order valence-electron chi connectivity index (χ3n) is 2.75. The number of halogens is 1. The third-order valence-corrected chi connectivity index (χ3v) is 3.24. The van der Waals surface area contributed by atoms with Crippen molar-refractivity contribution in [3.8, 4) is 0 Å². The topological polar surface area (TPSA) is 68.0 Å². The van der Waals surface area contributed by atoms with Gasteiger partial charge in [0.05, 0.1) is 5.69 Å². The van der Waals surface area contributed by atoms with Gasteiger partial charge >= 0.3 is 0 Å². The van der Waals surface area contributed by atoms with Crippen molar-refractivity contribution in [1.82, 2.24) is 4.98 Å². The smallest absolute Gasteiger partial charge is 0.276 e. The molecule has 1 amide bonds. The van der Waals surface area contributed by atoms with Crippen molar-refractivity contribution >= 4 is 33.2 Å². The standard InChI is InChI=1S/C14H14BrN3O/c1-2-9-8-10(15)5-6-12(9)18-14(19)13-11(16)4-3-7-17-13/h3-8H,2,16H2,1H3,(H,18,19). The maximum Gasteiger partial charge on any atom is 0.276 e. The molecule has 0 aliphatic carbocycles. The predicted octanol–water partition coefficient (Wildman–Crippen LogP) is 3.24. The molecule has 0 fully saturated rings. The van der Waals surface area contributed by atoms with Crippen molar-refractivity contribution in [1.29, 1.82) is 0 Å². The molecule has 2 rings (SSSR count). The molecule has 1 aromatic carbocycles. The van der Waals surface area contributed by atoms with Gasteiger partial charge in [0, 0.05) is 16.4 Å².